The summed E-state index contributed by atoms with van der Waals surface area (Å²) in [5.74, 6) is -0.0158. The second-order valence-corrected chi connectivity index (χ2v) is 13.7. The lowest BCUT2D eigenvalue weighted by molar-refractivity contribution is -0.140. The van der Waals surface area contributed by atoms with Crippen LogP contribution in [0.1, 0.15) is 36.1 Å². The highest BCUT2D eigenvalue weighted by Crippen LogP contribution is 2.28. The van der Waals surface area contributed by atoms with E-state index in [2.05, 4.69) is 5.32 Å². The van der Waals surface area contributed by atoms with Crippen molar-refractivity contribution in [2.75, 3.05) is 24.5 Å². The van der Waals surface area contributed by atoms with Crippen LogP contribution < -0.4 is 14.4 Å². The van der Waals surface area contributed by atoms with Gasteiger partial charge in [-0.1, -0.05) is 92.2 Å². The molecule has 0 bridgehead atoms. The third-order valence-electron chi connectivity index (χ3n) is 7.67. The molecule has 0 fully saturated rings. The average Bonchev–Trinajstić information content (AvgIpc) is 3.05. The normalized spacial score (nSPS) is 12.0. The molecule has 9 heteroatoms. The fourth-order valence-electron chi connectivity index (χ4n) is 5.26. The first kappa shape index (κ1) is 34.2. The Kier molecular flexibility index (Phi) is 11.6. The van der Waals surface area contributed by atoms with Crippen LogP contribution >= 0.6 is 0 Å². The van der Waals surface area contributed by atoms with Gasteiger partial charge in [-0.3, -0.25) is 13.9 Å². The van der Waals surface area contributed by atoms with Crippen molar-refractivity contribution in [2.24, 2.45) is 5.92 Å². The van der Waals surface area contributed by atoms with E-state index in [0.29, 0.717) is 23.5 Å². The van der Waals surface area contributed by atoms with Crippen molar-refractivity contribution >= 4 is 27.5 Å². The molecule has 4 aromatic rings. The Morgan fingerprint density at radius 3 is 2.11 bits per heavy atom. The number of carbonyl (C=O) groups is 2. The first-order valence-corrected chi connectivity index (χ1v) is 16.8. The van der Waals surface area contributed by atoms with Gasteiger partial charge in [0.25, 0.3) is 10.0 Å². The third kappa shape index (κ3) is 8.75. The van der Waals surface area contributed by atoms with E-state index in [-0.39, 0.29) is 29.7 Å². The highest BCUT2D eigenvalue weighted by molar-refractivity contribution is 7.92. The van der Waals surface area contributed by atoms with Crippen molar-refractivity contribution < 1.29 is 22.7 Å². The molecular formula is C37H43N3O5S. The van der Waals surface area contributed by atoms with Crippen LogP contribution in [-0.2, 0) is 32.6 Å². The molecule has 0 aromatic heterocycles. The Balaban J connectivity index is 1.82. The highest BCUT2D eigenvalue weighted by Gasteiger charge is 2.35. The molecule has 8 nitrogen and oxygen atoms in total. The Hall–Kier alpha value is -4.63. The van der Waals surface area contributed by atoms with Crippen LogP contribution in [0.4, 0.5) is 5.69 Å². The topological polar surface area (TPSA) is 96.0 Å². The number of sulfonamides is 1. The van der Waals surface area contributed by atoms with E-state index >= 15 is 0 Å². The summed E-state index contributed by atoms with van der Waals surface area (Å²) in [6.07, 6.45) is 0.246. The number of rotatable bonds is 14. The molecule has 0 aliphatic carbocycles. The number of anilines is 1. The van der Waals surface area contributed by atoms with Crippen molar-refractivity contribution in [3.05, 3.63) is 125 Å². The zero-order valence-electron chi connectivity index (χ0n) is 27.1. The molecule has 242 valence electrons. The second-order valence-electron chi connectivity index (χ2n) is 11.8. The molecule has 0 radical (unpaired) electrons. The molecule has 1 atom stereocenters. The molecule has 0 heterocycles. The lowest BCUT2D eigenvalue weighted by Gasteiger charge is -2.34. The third-order valence-corrected chi connectivity index (χ3v) is 9.45. The second kappa shape index (κ2) is 15.6. The predicted octanol–water partition coefficient (Wildman–Crippen LogP) is 5.92. The Bertz CT molecular complexity index is 1730. The molecule has 0 aliphatic heterocycles. The van der Waals surface area contributed by atoms with Gasteiger partial charge in [0.15, 0.2) is 0 Å². The zero-order chi connectivity index (χ0) is 33.3. The van der Waals surface area contributed by atoms with E-state index in [0.717, 1.165) is 21.0 Å². The summed E-state index contributed by atoms with van der Waals surface area (Å²) >= 11 is 0. The van der Waals surface area contributed by atoms with Gasteiger partial charge in [-0.05, 0) is 66.8 Å². The van der Waals surface area contributed by atoms with Crippen LogP contribution in [0.2, 0.25) is 0 Å². The fourth-order valence-corrected chi connectivity index (χ4v) is 6.76. The van der Waals surface area contributed by atoms with Gasteiger partial charge in [-0.25, -0.2) is 8.42 Å². The van der Waals surface area contributed by atoms with E-state index < -0.39 is 28.5 Å². The van der Waals surface area contributed by atoms with Crippen LogP contribution in [-0.4, -0.2) is 51.4 Å². The standard InChI is InChI=1S/C37H43N3O5S/c1-27(2)24-38-37(42)35(23-30-13-8-6-9-14-30)39(25-31-15-12-16-32(22-31)45-5)36(41)26-40(34-20-19-28(3)21-29(34)4)46(43,44)33-17-10-7-11-18-33/h6-22,27,35H,23-26H2,1-5H3,(H,38,42)/t35-/m0/s1. The molecule has 0 spiro atoms. The average molecular weight is 642 g/mol. The summed E-state index contributed by atoms with van der Waals surface area (Å²) < 4.78 is 35.0. The number of hydrogen-bond donors (Lipinski definition) is 1. The van der Waals surface area contributed by atoms with Crippen molar-refractivity contribution in [3.63, 3.8) is 0 Å². The monoisotopic (exact) mass is 641 g/mol. The molecule has 4 aromatic carbocycles. The van der Waals surface area contributed by atoms with Crippen LogP contribution in [0.5, 0.6) is 5.75 Å². The van der Waals surface area contributed by atoms with Gasteiger partial charge in [0.1, 0.15) is 18.3 Å². The van der Waals surface area contributed by atoms with Gasteiger partial charge in [-0.2, -0.15) is 0 Å². The quantitative estimate of drug-likeness (QED) is 0.185. The maximum Gasteiger partial charge on any atom is 0.264 e. The van der Waals surface area contributed by atoms with Gasteiger partial charge in [0.2, 0.25) is 11.8 Å². The summed E-state index contributed by atoms with van der Waals surface area (Å²) in [5.41, 5.74) is 3.69. The Morgan fingerprint density at radius 2 is 1.48 bits per heavy atom. The summed E-state index contributed by atoms with van der Waals surface area (Å²) in [6.45, 7) is 7.75. The number of nitrogens with zero attached hydrogens (tertiary/aromatic N) is 2. The van der Waals surface area contributed by atoms with E-state index in [1.54, 1.807) is 37.4 Å². The molecule has 1 N–H and O–H groups in total. The number of benzene rings is 4. The first-order valence-electron chi connectivity index (χ1n) is 15.4. The molecule has 0 saturated carbocycles. The van der Waals surface area contributed by atoms with E-state index in [1.165, 1.54) is 17.0 Å². The minimum absolute atomic E-state index is 0.0642. The van der Waals surface area contributed by atoms with Gasteiger partial charge in [-0.15, -0.1) is 0 Å². The van der Waals surface area contributed by atoms with Crippen LogP contribution in [0, 0.1) is 19.8 Å². The largest absolute Gasteiger partial charge is 0.497 e. The first-order chi connectivity index (χ1) is 22.0. The number of amides is 2. The highest BCUT2D eigenvalue weighted by atomic mass is 32.2. The van der Waals surface area contributed by atoms with Gasteiger partial charge < -0.3 is 15.0 Å². The maximum atomic E-state index is 14.6. The molecule has 0 saturated heterocycles. The van der Waals surface area contributed by atoms with Gasteiger partial charge >= 0.3 is 0 Å². The molecular weight excluding hydrogens is 598 g/mol. The maximum absolute atomic E-state index is 14.6. The number of aryl methyl sites for hydroxylation is 2. The lowest BCUT2D eigenvalue weighted by atomic mass is 10.0. The van der Waals surface area contributed by atoms with E-state index in [1.807, 2.05) is 88.4 Å². The van der Waals surface area contributed by atoms with Crippen LogP contribution in [0.3, 0.4) is 0 Å². The SMILES string of the molecule is COc1cccc(CN(C(=O)CN(c2ccc(C)cc2C)S(=O)(=O)c2ccccc2)[C@@H](Cc2ccccc2)C(=O)NCC(C)C)c1. The van der Waals surface area contributed by atoms with Gasteiger partial charge in [0, 0.05) is 19.5 Å². The molecule has 0 unspecified atom stereocenters. The van der Waals surface area contributed by atoms with Crippen molar-refractivity contribution in [1.82, 2.24) is 10.2 Å². The number of nitrogens with one attached hydrogen (secondary N) is 1. The molecule has 46 heavy (non-hydrogen) atoms. The van der Waals surface area contributed by atoms with Crippen LogP contribution in [0.15, 0.2) is 108 Å². The summed E-state index contributed by atoms with van der Waals surface area (Å²) in [7, 11) is -2.60. The number of methoxy groups -OCH3 is 1. The summed E-state index contributed by atoms with van der Waals surface area (Å²) in [4.78, 5) is 30.1. The molecule has 0 aliphatic rings. The number of ether oxygens (including phenoxy) is 1. The van der Waals surface area contributed by atoms with E-state index in [9.17, 15) is 18.0 Å². The number of carbonyl (C=O) groups excluding carboxylic acids is 2. The van der Waals surface area contributed by atoms with Crippen molar-refractivity contribution in [1.29, 1.82) is 0 Å². The van der Waals surface area contributed by atoms with Crippen molar-refractivity contribution in [3.8, 4) is 5.75 Å². The van der Waals surface area contributed by atoms with Crippen LogP contribution in [0.25, 0.3) is 0 Å². The summed E-state index contributed by atoms with van der Waals surface area (Å²) in [5, 5.41) is 3.01. The van der Waals surface area contributed by atoms with Gasteiger partial charge in [0.05, 0.1) is 17.7 Å². The predicted molar refractivity (Wildman–Crippen MR) is 182 cm³/mol. The summed E-state index contributed by atoms with van der Waals surface area (Å²) in [6, 6.07) is 29.4. The Morgan fingerprint density at radius 1 is 0.826 bits per heavy atom. The molecule has 2 amide bonds. The minimum Gasteiger partial charge on any atom is -0.497 e. The smallest absolute Gasteiger partial charge is 0.264 e. The minimum atomic E-state index is -4.16. The Labute approximate surface area is 273 Å². The molecule has 4 rings (SSSR count). The van der Waals surface area contributed by atoms with E-state index in [4.69, 9.17) is 4.74 Å². The fraction of sp³-hybridized carbons (Fsp3) is 0.297. The van der Waals surface area contributed by atoms with Crippen molar-refractivity contribution in [2.45, 2.75) is 51.6 Å². The lowest BCUT2D eigenvalue weighted by Crippen LogP contribution is -2.53. The zero-order valence-corrected chi connectivity index (χ0v) is 28.0. The number of hydrogen-bond acceptors (Lipinski definition) is 5.